The second kappa shape index (κ2) is 6.05. The highest BCUT2D eigenvalue weighted by Gasteiger charge is 2.32. The topological polar surface area (TPSA) is 15.3 Å². The summed E-state index contributed by atoms with van der Waals surface area (Å²) in [6, 6.07) is 9.35. The van der Waals surface area contributed by atoms with Gasteiger partial charge in [0.1, 0.15) is 0 Å². The summed E-state index contributed by atoms with van der Waals surface area (Å²) in [6.45, 7) is 6.65. The van der Waals surface area contributed by atoms with E-state index in [2.05, 4.69) is 49.3 Å². The van der Waals surface area contributed by atoms with Gasteiger partial charge in [-0.25, -0.2) is 0 Å². The van der Waals surface area contributed by atoms with Gasteiger partial charge in [0, 0.05) is 23.7 Å². The fourth-order valence-electron chi connectivity index (χ4n) is 2.84. The summed E-state index contributed by atoms with van der Waals surface area (Å²) in [7, 11) is 2.21. The van der Waals surface area contributed by atoms with Crippen molar-refractivity contribution in [2.75, 3.05) is 20.1 Å². The van der Waals surface area contributed by atoms with Crippen LogP contribution in [-0.2, 0) is 0 Å². The van der Waals surface area contributed by atoms with Crippen LogP contribution < -0.4 is 5.32 Å². The lowest BCUT2D eigenvalue weighted by atomic mass is 9.93. The Kier molecular flexibility index (Phi) is 4.66. The molecule has 1 aliphatic heterocycles. The number of likely N-dealkylation sites (tertiary alicyclic amines) is 1. The van der Waals surface area contributed by atoms with Gasteiger partial charge in [-0.3, -0.25) is 4.90 Å². The van der Waals surface area contributed by atoms with Gasteiger partial charge >= 0.3 is 0 Å². The SMILES string of the molecule is CC(C)NCC1CCN(C)C1c1cccc(Cl)c1. The molecule has 0 bridgehead atoms. The van der Waals surface area contributed by atoms with Crippen molar-refractivity contribution in [1.82, 2.24) is 10.2 Å². The van der Waals surface area contributed by atoms with Crippen LogP contribution in [0.5, 0.6) is 0 Å². The van der Waals surface area contributed by atoms with E-state index in [0.717, 1.165) is 11.6 Å². The van der Waals surface area contributed by atoms with Crippen LogP contribution in [0.1, 0.15) is 31.9 Å². The molecule has 2 nitrogen and oxygen atoms in total. The molecule has 3 heteroatoms. The number of benzene rings is 1. The molecule has 1 aromatic carbocycles. The summed E-state index contributed by atoms with van der Waals surface area (Å²) in [4.78, 5) is 2.44. The number of hydrogen-bond donors (Lipinski definition) is 1. The zero-order chi connectivity index (χ0) is 13.1. The molecule has 2 atom stereocenters. The third kappa shape index (κ3) is 3.25. The van der Waals surface area contributed by atoms with Crippen LogP contribution in [0.15, 0.2) is 24.3 Å². The maximum Gasteiger partial charge on any atom is 0.0409 e. The molecule has 100 valence electrons. The molecule has 0 spiro atoms. The van der Waals surface area contributed by atoms with Crippen molar-refractivity contribution in [1.29, 1.82) is 0 Å². The normalized spacial score (nSPS) is 24.9. The average Bonchev–Trinajstić information content (AvgIpc) is 2.68. The van der Waals surface area contributed by atoms with Gasteiger partial charge in [-0.15, -0.1) is 0 Å². The molecule has 1 saturated heterocycles. The molecule has 0 aliphatic carbocycles. The number of nitrogens with one attached hydrogen (secondary N) is 1. The Morgan fingerprint density at radius 3 is 2.89 bits per heavy atom. The van der Waals surface area contributed by atoms with E-state index in [4.69, 9.17) is 11.6 Å². The van der Waals surface area contributed by atoms with E-state index in [1.807, 2.05) is 6.07 Å². The molecule has 0 aromatic heterocycles. The van der Waals surface area contributed by atoms with Crippen molar-refractivity contribution in [2.45, 2.75) is 32.4 Å². The monoisotopic (exact) mass is 266 g/mol. The third-order valence-electron chi connectivity index (χ3n) is 3.75. The van der Waals surface area contributed by atoms with Crippen molar-refractivity contribution >= 4 is 11.6 Å². The maximum absolute atomic E-state index is 6.11. The van der Waals surface area contributed by atoms with Crippen LogP contribution in [0.25, 0.3) is 0 Å². The maximum atomic E-state index is 6.11. The smallest absolute Gasteiger partial charge is 0.0409 e. The highest BCUT2D eigenvalue weighted by molar-refractivity contribution is 6.30. The Hall–Kier alpha value is -0.570. The van der Waals surface area contributed by atoms with E-state index in [1.54, 1.807) is 0 Å². The van der Waals surface area contributed by atoms with Gasteiger partial charge in [0.05, 0.1) is 0 Å². The minimum Gasteiger partial charge on any atom is -0.314 e. The average molecular weight is 267 g/mol. The van der Waals surface area contributed by atoms with Gasteiger partial charge in [0.25, 0.3) is 0 Å². The van der Waals surface area contributed by atoms with Gasteiger partial charge < -0.3 is 5.32 Å². The predicted molar refractivity (Wildman–Crippen MR) is 78.1 cm³/mol. The van der Waals surface area contributed by atoms with Crippen LogP contribution in [0.2, 0.25) is 5.02 Å². The van der Waals surface area contributed by atoms with E-state index in [1.165, 1.54) is 18.5 Å². The fraction of sp³-hybridized carbons (Fsp3) is 0.600. The summed E-state index contributed by atoms with van der Waals surface area (Å²) >= 11 is 6.11. The molecule has 18 heavy (non-hydrogen) atoms. The van der Waals surface area contributed by atoms with Gasteiger partial charge in [-0.1, -0.05) is 37.6 Å². The van der Waals surface area contributed by atoms with Gasteiger partial charge in [-0.2, -0.15) is 0 Å². The molecule has 1 aromatic rings. The second-order valence-corrected chi connectivity index (χ2v) is 6.03. The Labute approximate surface area is 115 Å². The first-order valence-corrected chi connectivity index (χ1v) is 7.15. The fourth-order valence-corrected chi connectivity index (χ4v) is 3.04. The molecular weight excluding hydrogens is 244 g/mol. The van der Waals surface area contributed by atoms with Crippen molar-refractivity contribution < 1.29 is 0 Å². The molecule has 2 rings (SSSR count). The zero-order valence-corrected chi connectivity index (χ0v) is 12.2. The van der Waals surface area contributed by atoms with Crippen molar-refractivity contribution in [2.24, 2.45) is 5.92 Å². The molecular formula is C15H23ClN2. The van der Waals surface area contributed by atoms with E-state index in [9.17, 15) is 0 Å². The highest BCUT2D eigenvalue weighted by atomic mass is 35.5. The van der Waals surface area contributed by atoms with E-state index < -0.39 is 0 Å². The Morgan fingerprint density at radius 2 is 2.22 bits per heavy atom. The summed E-state index contributed by atoms with van der Waals surface area (Å²) in [5.41, 5.74) is 1.35. The summed E-state index contributed by atoms with van der Waals surface area (Å²) in [5, 5.41) is 4.40. The summed E-state index contributed by atoms with van der Waals surface area (Å²) < 4.78 is 0. The third-order valence-corrected chi connectivity index (χ3v) is 3.99. The number of rotatable bonds is 4. The first kappa shape index (κ1) is 13.9. The number of nitrogens with zero attached hydrogens (tertiary/aromatic N) is 1. The summed E-state index contributed by atoms with van der Waals surface area (Å²) in [6.07, 6.45) is 1.26. The lowest BCUT2D eigenvalue weighted by Crippen LogP contribution is -2.32. The van der Waals surface area contributed by atoms with Crippen LogP contribution in [0.4, 0.5) is 0 Å². The van der Waals surface area contributed by atoms with Gasteiger partial charge in [0.15, 0.2) is 0 Å². The molecule has 1 aliphatic rings. The molecule has 2 unspecified atom stereocenters. The minimum atomic E-state index is 0.495. The Bertz CT molecular complexity index is 392. The van der Waals surface area contributed by atoms with E-state index in [-0.39, 0.29) is 0 Å². The predicted octanol–water partition coefficient (Wildman–Crippen LogP) is 3.33. The van der Waals surface area contributed by atoms with Crippen LogP contribution >= 0.6 is 11.6 Å². The van der Waals surface area contributed by atoms with Gasteiger partial charge in [-0.05, 0) is 43.6 Å². The Balaban J connectivity index is 2.12. The first-order valence-electron chi connectivity index (χ1n) is 6.77. The summed E-state index contributed by atoms with van der Waals surface area (Å²) in [5.74, 6) is 0.677. The molecule has 0 amide bonds. The lowest BCUT2D eigenvalue weighted by molar-refractivity contribution is 0.269. The molecule has 0 radical (unpaired) electrons. The van der Waals surface area contributed by atoms with Crippen LogP contribution in [-0.4, -0.2) is 31.1 Å². The van der Waals surface area contributed by atoms with Crippen molar-refractivity contribution in [3.63, 3.8) is 0 Å². The molecule has 0 saturated carbocycles. The van der Waals surface area contributed by atoms with Gasteiger partial charge in [0.2, 0.25) is 0 Å². The molecule has 1 N–H and O–H groups in total. The van der Waals surface area contributed by atoms with E-state index >= 15 is 0 Å². The second-order valence-electron chi connectivity index (χ2n) is 5.59. The lowest BCUT2D eigenvalue weighted by Gasteiger charge is -2.26. The molecule has 1 heterocycles. The van der Waals surface area contributed by atoms with E-state index in [0.29, 0.717) is 18.0 Å². The zero-order valence-electron chi connectivity index (χ0n) is 11.5. The molecule has 1 fully saturated rings. The number of hydrogen-bond acceptors (Lipinski definition) is 2. The van der Waals surface area contributed by atoms with Crippen molar-refractivity contribution in [3.8, 4) is 0 Å². The van der Waals surface area contributed by atoms with Crippen molar-refractivity contribution in [3.05, 3.63) is 34.9 Å². The number of halogens is 1. The van der Waals surface area contributed by atoms with Crippen LogP contribution in [0.3, 0.4) is 0 Å². The standard InChI is InChI=1S/C15H23ClN2/c1-11(2)17-10-13-7-8-18(3)15(13)12-5-4-6-14(16)9-12/h4-6,9,11,13,15,17H,7-8,10H2,1-3H3. The largest absolute Gasteiger partial charge is 0.314 e. The van der Waals surface area contributed by atoms with Crippen LogP contribution in [0, 0.1) is 5.92 Å². The highest BCUT2D eigenvalue weighted by Crippen LogP contribution is 2.36. The Morgan fingerprint density at radius 1 is 1.44 bits per heavy atom. The first-order chi connectivity index (χ1) is 8.58. The quantitative estimate of drug-likeness (QED) is 0.899. The minimum absolute atomic E-state index is 0.495.